The van der Waals surface area contributed by atoms with Gasteiger partial charge in [0.05, 0.1) is 32.5 Å². The summed E-state index contributed by atoms with van der Waals surface area (Å²) in [5.74, 6) is 0. The highest BCUT2D eigenvalue weighted by atomic mass is 35.5. The molecule has 1 fully saturated rings. The molecule has 4 nitrogen and oxygen atoms in total. The lowest BCUT2D eigenvalue weighted by atomic mass is 10.1. The molecule has 1 aliphatic heterocycles. The largest absolute Gasteiger partial charge is 0.389 e. The molecule has 2 rings (SSSR count). The van der Waals surface area contributed by atoms with Gasteiger partial charge in [0.15, 0.2) is 0 Å². The second kappa shape index (κ2) is 8.11. The molecule has 1 aliphatic rings. The van der Waals surface area contributed by atoms with Crippen LogP contribution in [0.3, 0.4) is 0 Å². The van der Waals surface area contributed by atoms with Crippen LogP contribution in [0, 0.1) is 0 Å². The molecule has 0 bridgehead atoms. The molecule has 0 aromatic heterocycles. The van der Waals surface area contributed by atoms with E-state index < -0.39 is 6.10 Å². The van der Waals surface area contributed by atoms with E-state index in [1.54, 1.807) is 0 Å². The first-order valence-corrected chi connectivity index (χ1v) is 7.78. The maximum Gasteiger partial charge on any atom is 0.0900 e. The summed E-state index contributed by atoms with van der Waals surface area (Å²) in [7, 11) is 0. The van der Waals surface area contributed by atoms with Gasteiger partial charge in [0, 0.05) is 23.7 Å². The van der Waals surface area contributed by atoms with Crippen molar-refractivity contribution in [3.63, 3.8) is 0 Å². The molecule has 0 saturated carbocycles. The second-order valence-corrected chi connectivity index (χ2v) is 6.16. The van der Waals surface area contributed by atoms with Gasteiger partial charge in [-0.1, -0.05) is 23.7 Å². The topological polar surface area (TPSA) is 41.9 Å². The minimum Gasteiger partial charge on any atom is -0.389 e. The molecule has 3 unspecified atom stereocenters. The van der Waals surface area contributed by atoms with Gasteiger partial charge in [-0.3, -0.25) is 4.90 Å². The van der Waals surface area contributed by atoms with Crippen LogP contribution in [0.15, 0.2) is 24.3 Å². The quantitative estimate of drug-likeness (QED) is 0.875. The van der Waals surface area contributed by atoms with Gasteiger partial charge in [-0.05, 0) is 31.5 Å². The van der Waals surface area contributed by atoms with Crippen molar-refractivity contribution in [3.8, 4) is 0 Å². The zero-order chi connectivity index (χ0) is 15.2. The van der Waals surface area contributed by atoms with Gasteiger partial charge < -0.3 is 14.6 Å². The molecule has 0 amide bonds. The predicted molar refractivity (Wildman–Crippen MR) is 83.6 cm³/mol. The van der Waals surface area contributed by atoms with Crippen LogP contribution in [0.4, 0.5) is 0 Å². The van der Waals surface area contributed by atoms with E-state index in [0.717, 1.165) is 18.8 Å². The Morgan fingerprint density at radius 2 is 1.90 bits per heavy atom. The summed E-state index contributed by atoms with van der Waals surface area (Å²) in [6.07, 6.45) is -0.486. The fourth-order valence-electron chi connectivity index (χ4n) is 2.58. The minimum absolute atomic E-state index is 0.333. The summed E-state index contributed by atoms with van der Waals surface area (Å²) in [4.78, 5) is 2.28. The van der Waals surface area contributed by atoms with Crippen molar-refractivity contribution in [3.05, 3.63) is 34.9 Å². The number of β-amino-alcohol motifs (C(OH)–C–C–N with tert-alkyl or cyclic N) is 1. The van der Waals surface area contributed by atoms with Crippen molar-refractivity contribution in [2.45, 2.75) is 38.6 Å². The van der Waals surface area contributed by atoms with Gasteiger partial charge in [-0.15, -0.1) is 0 Å². The lowest BCUT2D eigenvalue weighted by Gasteiger charge is -2.39. The normalized spacial score (nSPS) is 25.0. The van der Waals surface area contributed by atoms with Crippen LogP contribution < -0.4 is 0 Å². The van der Waals surface area contributed by atoms with Crippen LogP contribution in [-0.4, -0.2) is 54.6 Å². The number of rotatable bonds is 6. The lowest BCUT2D eigenvalue weighted by Crippen LogP contribution is -2.52. The highest BCUT2D eigenvalue weighted by molar-refractivity contribution is 6.30. The van der Waals surface area contributed by atoms with Crippen LogP contribution in [0.2, 0.25) is 5.02 Å². The van der Waals surface area contributed by atoms with E-state index in [1.807, 2.05) is 24.3 Å². The number of aliphatic hydroxyl groups excluding tert-OH is 1. The Balaban J connectivity index is 1.71. The minimum atomic E-state index is -0.486. The summed E-state index contributed by atoms with van der Waals surface area (Å²) >= 11 is 5.84. The molecule has 1 heterocycles. The molecule has 1 saturated heterocycles. The third-order valence-electron chi connectivity index (χ3n) is 3.76. The number of halogens is 1. The highest BCUT2D eigenvalue weighted by Gasteiger charge is 2.26. The molecule has 0 aliphatic carbocycles. The van der Waals surface area contributed by atoms with Gasteiger partial charge in [0.1, 0.15) is 0 Å². The van der Waals surface area contributed by atoms with E-state index in [0.29, 0.717) is 36.9 Å². The smallest absolute Gasteiger partial charge is 0.0900 e. The molecular formula is C16H24ClNO3. The number of ether oxygens (including phenoxy) is 2. The summed E-state index contributed by atoms with van der Waals surface area (Å²) < 4.78 is 11.1. The zero-order valence-corrected chi connectivity index (χ0v) is 13.4. The second-order valence-electron chi connectivity index (χ2n) is 5.73. The molecule has 21 heavy (non-hydrogen) atoms. The van der Waals surface area contributed by atoms with E-state index in [-0.39, 0.29) is 0 Å². The van der Waals surface area contributed by atoms with Crippen LogP contribution in [0.5, 0.6) is 0 Å². The van der Waals surface area contributed by atoms with Gasteiger partial charge in [-0.25, -0.2) is 0 Å². The van der Waals surface area contributed by atoms with E-state index in [4.69, 9.17) is 21.1 Å². The Kier molecular flexibility index (Phi) is 6.45. The van der Waals surface area contributed by atoms with Crippen molar-refractivity contribution in [1.29, 1.82) is 0 Å². The molecule has 0 spiro atoms. The number of hydrogen-bond acceptors (Lipinski definition) is 4. The van der Waals surface area contributed by atoms with Crippen LogP contribution in [0.1, 0.15) is 19.4 Å². The Bertz CT molecular complexity index is 416. The number of benzene rings is 1. The predicted octanol–water partition coefficient (Wildman–Crippen LogP) is 2.33. The lowest BCUT2D eigenvalue weighted by molar-refractivity contribution is -0.0661. The standard InChI is InChI=1S/C16H24ClNO3/c1-12-8-20-9-13(2)18(12)7-16(19)11-21-10-14-3-5-15(17)6-4-14/h3-6,12-13,16,19H,7-11H2,1-2H3. The van der Waals surface area contributed by atoms with Gasteiger partial charge >= 0.3 is 0 Å². The van der Waals surface area contributed by atoms with Crippen molar-refractivity contribution in [2.24, 2.45) is 0 Å². The molecule has 0 radical (unpaired) electrons. The maximum atomic E-state index is 10.1. The number of morpholine rings is 1. The molecule has 118 valence electrons. The van der Waals surface area contributed by atoms with Crippen molar-refractivity contribution in [2.75, 3.05) is 26.4 Å². The Hall–Kier alpha value is -0.650. The third-order valence-corrected chi connectivity index (χ3v) is 4.02. The number of nitrogens with zero attached hydrogens (tertiary/aromatic N) is 1. The van der Waals surface area contributed by atoms with Crippen molar-refractivity contribution >= 4 is 11.6 Å². The van der Waals surface area contributed by atoms with Gasteiger partial charge in [0.2, 0.25) is 0 Å². The average molecular weight is 314 g/mol. The Morgan fingerprint density at radius 1 is 1.29 bits per heavy atom. The van der Waals surface area contributed by atoms with Crippen LogP contribution >= 0.6 is 11.6 Å². The van der Waals surface area contributed by atoms with Gasteiger partial charge in [-0.2, -0.15) is 0 Å². The first kappa shape index (κ1) is 16.7. The van der Waals surface area contributed by atoms with Crippen molar-refractivity contribution in [1.82, 2.24) is 4.90 Å². The highest BCUT2D eigenvalue weighted by Crippen LogP contribution is 2.14. The van der Waals surface area contributed by atoms with Gasteiger partial charge in [0.25, 0.3) is 0 Å². The molecule has 1 aromatic carbocycles. The zero-order valence-electron chi connectivity index (χ0n) is 12.7. The monoisotopic (exact) mass is 313 g/mol. The summed E-state index contributed by atoms with van der Waals surface area (Å²) in [6.45, 7) is 7.13. The maximum absolute atomic E-state index is 10.1. The Labute approximate surface area is 131 Å². The van der Waals surface area contributed by atoms with E-state index in [1.165, 1.54) is 0 Å². The van der Waals surface area contributed by atoms with Crippen LogP contribution in [-0.2, 0) is 16.1 Å². The summed E-state index contributed by atoms with van der Waals surface area (Å²) in [6, 6.07) is 8.21. The fraction of sp³-hybridized carbons (Fsp3) is 0.625. The summed E-state index contributed by atoms with van der Waals surface area (Å²) in [5.41, 5.74) is 1.06. The molecular weight excluding hydrogens is 290 g/mol. The average Bonchev–Trinajstić information content (AvgIpc) is 2.45. The molecule has 1 aromatic rings. The molecule has 5 heteroatoms. The molecule has 1 N–H and O–H groups in total. The first-order chi connectivity index (χ1) is 10.1. The Morgan fingerprint density at radius 3 is 2.52 bits per heavy atom. The van der Waals surface area contributed by atoms with Crippen molar-refractivity contribution < 1.29 is 14.6 Å². The SMILES string of the molecule is CC1COCC(C)N1CC(O)COCc1ccc(Cl)cc1. The third kappa shape index (κ3) is 5.24. The van der Waals surface area contributed by atoms with E-state index in [9.17, 15) is 5.11 Å². The molecule has 3 atom stereocenters. The summed E-state index contributed by atoms with van der Waals surface area (Å²) in [5, 5.41) is 10.8. The number of hydrogen-bond donors (Lipinski definition) is 1. The van der Waals surface area contributed by atoms with E-state index in [2.05, 4.69) is 18.7 Å². The number of aliphatic hydroxyl groups is 1. The first-order valence-electron chi connectivity index (χ1n) is 7.40. The fourth-order valence-corrected chi connectivity index (χ4v) is 2.71. The van der Waals surface area contributed by atoms with E-state index >= 15 is 0 Å². The van der Waals surface area contributed by atoms with Crippen LogP contribution in [0.25, 0.3) is 0 Å².